The number of aryl methyl sites for hydroxylation is 1. The van der Waals surface area contributed by atoms with Crippen molar-refractivity contribution in [1.82, 2.24) is 15.1 Å². The van der Waals surface area contributed by atoms with Crippen molar-refractivity contribution in [3.8, 4) is 11.5 Å². The standard InChI is InChI=1S/C25H30N4O2/c1-19-14-16-29(17-15-19)18-20-10-12-22(13-11-20)26-23(30)8-5-9-24-27-28-25(31-24)21-6-3-2-4-7-21/h2-4,6-7,10-13,19H,5,8-9,14-18H2,1H3,(H,26,30). The highest BCUT2D eigenvalue weighted by Crippen LogP contribution is 2.20. The Morgan fingerprint density at radius 3 is 2.55 bits per heavy atom. The lowest BCUT2D eigenvalue weighted by atomic mass is 9.99. The van der Waals surface area contributed by atoms with E-state index >= 15 is 0 Å². The fourth-order valence-corrected chi connectivity index (χ4v) is 3.85. The van der Waals surface area contributed by atoms with E-state index in [0.29, 0.717) is 31.0 Å². The summed E-state index contributed by atoms with van der Waals surface area (Å²) in [6.07, 6.45) is 4.22. The maximum Gasteiger partial charge on any atom is 0.247 e. The number of anilines is 1. The van der Waals surface area contributed by atoms with E-state index in [9.17, 15) is 4.79 Å². The van der Waals surface area contributed by atoms with Gasteiger partial charge in [-0.15, -0.1) is 10.2 Å². The third kappa shape index (κ3) is 6.25. The Morgan fingerprint density at radius 1 is 1.06 bits per heavy atom. The van der Waals surface area contributed by atoms with Crippen LogP contribution in [0.15, 0.2) is 59.0 Å². The third-order valence-electron chi connectivity index (χ3n) is 5.80. The van der Waals surface area contributed by atoms with Gasteiger partial charge in [0.1, 0.15) is 0 Å². The van der Waals surface area contributed by atoms with Gasteiger partial charge in [-0.05, 0) is 68.1 Å². The molecule has 6 heteroatoms. The van der Waals surface area contributed by atoms with Crippen LogP contribution in [-0.4, -0.2) is 34.1 Å². The molecule has 3 aromatic rings. The predicted molar refractivity (Wildman–Crippen MR) is 121 cm³/mol. The summed E-state index contributed by atoms with van der Waals surface area (Å²) in [5, 5.41) is 11.1. The summed E-state index contributed by atoms with van der Waals surface area (Å²) in [6, 6.07) is 17.9. The van der Waals surface area contributed by atoms with Crippen LogP contribution >= 0.6 is 0 Å². The molecule has 4 rings (SSSR count). The summed E-state index contributed by atoms with van der Waals surface area (Å²) in [5.41, 5.74) is 3.03. The van der Waals surface area contributed by atoms with Gasteiger partial charge in [0.2, 0.25) is 17.7 Å². The van der Waals surface area contributed by atoms with Gasteiger partial charge in [0.15, 0.2) is 0 Å². The second-order valence-corrected chi connectivity index (χ2v) is 8.42. The Labute approximate surface area is 183 Å². The van der Waals surface area contributed by atoms with Crippen molar-refractivity contribution in [1.29, 1.82) is 0 Å². The SMILES string of the molecule is CC1CCN(Cc2ccc(NC(=O)CCCc3nnc(-c4ccccc4)o3)cc2)CC1. The fourth-order valence-electron chi connectivity index (χ4n) is 3.85. The molecule has 0 radical (unpaired) electrons. The van der Waals surface area contributed by atoms with Crippen molar-refractivity contribution in [2.24, 2.45) is 5.92 Å². The molecule has 0 spiro atoms. The van der Waals surface area contributed by atoms with Crippen LogP contribution in [0.2, 0.25) is 0 Å². The zero-order valence-corrected chi connectivity index (χ0v) is 18.1. The highest BCUT2D eigenvalue weighted by Gasteiger charge is 2.15. The molecule has 2 heterocycles. The lowest BCUT2D eigenvalue weighted by Crippen LogP contribution is -2.32. The largest absolute Gasteiger partial charge is 0.421 e. The second kappa shape index (κ2) is 10.4. The first-order valence-electron chi connectivity index (χ1n) is 11.1. The van der Waals surface area contributed by atoms with Crippen molar-refractivity contribution < 1.29 is 9.21 Å². The van der Waals surface area contributed by atoms with E-state index in [-0.39, 0.29) is 5.91 Å². The second-order valence-electron chi connectivity index (χ2n) is 8.42. The van der Waals surface area contributed by atoms with Gasteiger partial charge in [-0.3, -0.25) is 9.69 Å². The van der Waals surface area contributed by atoms with Crippen molar-refractivity contribution in [2.45, 2.75) is 45.6 Å². The lowest BCUT2D eigenvalue weighted by molar-refractivity contribution is -0.116. The minimum atomic E-state index is 0.000524. The lowest BCUT2D eigenvalue weighted by Gasteiger charge is -2.30. The van der Waals surface area contributed by atoms with E-state index in [1.807, 2.05) is 42.5 Å². The van der Waals surface area contributed by atoms with Crippen molar-refractivity contribution >= 4 is 11.6 Å². The van der Waals surface area contributed by atoms with Crippen LogP contribution in [0.1, 0.15) is 44.1 Å². The molecule has 1 aromatic heterocycles. The van der Waals surface area contributed by atoms with Crippen LogP contribution in [0.5, 0.6) is 0 Å². The number of aromatic nitrogens is 2. The molecule has 0 bridgehead atoms. The van der Waals surface area contributed by atoms with Crippen LogP contribution < -0.4 is 5.32 Å². The summed E-state index contributed by atoms with van der Waals surface area (Å²) in [6.45, 7) is 5.66. The Hall–Kier alpha value is -2.99. The van der Waals surface area contributed by atoms with Crippen LogP contribution in [0.4, 0.5) is 5.69 Å². The quantitative estimate of drug-likeness (QED) is 0.562. The van der Waals surface area contributed by atoms with Gasteiger partial charge in [-0.25, -0.2) is 0 Å². The van der Waals surface area contributed by atoms with E-state index in [1.165, 1.54) is 31.5 Å². The number of nitrogens with zero attached hydrogens (tertiary/aromatic N) is 3. The molecule has 6 nitrogen and oxygen atoms in total. The Morgan fingerprint density at radius 2 is 1.81 bits per heavy atom. The number of hydrogen-bond acceptors (Lipinski definition) is 5. The van der Waals surface area contributed by atoms with Crippen molar-refractivity contribution in [3.63, 3.8) is 0 Å². The van der Waals surface area contributed by atoms with Gasteiger partial charge in [0, 0.05) is 30.6 Å². The number of likely N-dealkylation sites (tertiary alicyclic amines) is 1. The Kier molecular flexibility index (Phi) is 7.10. The van der Waals surface area contributed by atoms with Gasteiger partial charge in [-0.2, -0.15) is 0 Å². The smallest absolute Gasteiger partial charge is 0.247 e. The number of amides is 1. The zero-order chi connectivity index (χ0) is 21.5. The molecule has 1 N–H and O–H groups in total. The molecule has 1 fully saturated rings. The number of piperidine rings is 1. The Balaban J connectivity index is 1.19. The highest BCUT2D eigenvalue weighted by molar-refractivity contribution is 5.90. The van der Waals surface area contributed by atoms with Gasteiger partial charge in [-0.1, -0.05) is 37.3 Å². The van der Waals surface area contributed by atoms with Crippen LogP contribution in [0, 0.1) is 5.92 Å². The molecule has 0 saturated carbocycles. The van der Waals surface area contributed by atoms with Crippen molar-refractivity contribution in [2.75, 3.05) is 18.4 Å². The average molecular weight is 419 g/mol. The van der Waals surface area contributed by atoms with Crippen LogP contribution in [0.3, 0.4) is 0 Å². The number of carbonyl (C=O) groups excluding carboxylic acids is 1. The van der Waals surface area contributed by atoms with E-state index in [1.54, 1.807) is 0 Å². The molecular weight excluding hydrogens is 388 g/mol. The first-order chi connectivity index (χ1) is 15.2. The van der Waals surface area contributed by atoms with Gasteiger partial charge in [0.05, 0.1) is 0 Å². The summed E-state index contributed by atoms with van der Waals surface area (Å²) >= 11 is 0. The van der Waals surface area contributed by atoms with Crippen molar-refractivity contribution in [3.05, 3.63) is 66.1 Å². The summed E-state index contributed by atoms with van der Waals surface area (Å²) < 4.78 is 5.69. The number of hydrogen-bond donors (Lipinski definition) is 1. The molecule has 31 heavy (non-hydrogen) atoms. The van der Waals surface area contributed by atoms with Gasteiger partial charge in [0.25, 0.3) is 0 Å². The maximum absolute atomic E-state index is 12.3. The number of rotatable bonds is 8. The first-order valence-corrected chi connectivity index (χ1v) is 11.1. The fraction of sp³-hybridized carbons (Fsp3) is 0.400. The Bertz CT molecular complexity index is 961. The number of carbonyl (C=O) groups is 1. The summed E-state index contributed by atoms with van der Waals surface area (Å²) in [7, 11) is 0. The summed E-state index contributed by atoms with van der Waals surface area (Å²) in [5.74, 6) is 1.92. The van der Waals surface area contributed by atoms with Crippen LogP contribution in [-0.2, 0) is 17.8 Å². The normalized spacial score (nSPS) is 15.1. The summed E-state index contributed by atoms with van der Waals surface area (Å²) in [4.78, 5) is 14.8. The van der Waals surface area contributed by atoms with Gasteiger partial charge >= 0.3 is 0 Å². The molecule has 1 saturated heterocycles. The maximum atomic E-state index is 12.3. The zero-order valence-electron chi connectivity index (χ0n) is 18.1. The van der Waals surface area contributed by atoms with Crippen LogP contribution in [0.25, 0.3) is 11.5 Å². The minimum Gasteiger partial charge on any atom is -0.421 e. The number of benzene rings is 2. The number of nitrogens with one attached hydrogen (secondary N) is 1. The van der Waals surface area contributed by atoms with E-state index in [2.05, 4.69) is 39.5 Å². The van der Waals surface area contributed by atoms with Gasteiger partial charge < -0.3 is 9.73 Å². The molecule has 1 amide bonds. The monoisotopic (exact) mass is 418 g/mol. The highest BCUT2D eigenvalue weighted by atomic mass is 16.4. The molecule has 0 atom stereocenters. The third-order valence-corrected chi connectivity index (χ3v) is 5.80. The molecule has 1 aliphatic rings. The molecule has 2 aromatic carbocycles. The average Bonchev–Trinajstić information content (AvgIpc) is 3.26. The first kappa shape index (κ1) is 21.2. The minimum absolute atomic E-state index is 0.000524. The molecule has 162 valence electrons. The van der Waals surface area contributed by atoms with E-state index in [4.69, 9.17) is 4.42 Å². The predicted octanol–water partition coefficient (Wildman–Crippen LogP) is 4.93. The van der Waals surface area contributed by atoms with E-state index < -0.39 is 0 Å². The molecular formula is C25H30N4O2. The molecule has 0 aliphatic carbocycles. The molecule has 1 aliphatic heterocycles. The van der Waals surface area contributed by atoms with E-state index in [0.717, 1.165) is 23.7 Å². The molecule has 0 unspecified atom stereocenters. The topological polar surface area (TPSA) is 71.3 Å².